The highest BCUT2D eigenvalue weighted by Gasteiger charge is 2.87. The number of hydrogen-bond acceptors (Lipinski definition) is 12. The summed E-state index contributed by atoms with van der Waals surface area (Å²) in [6.07, 6.45) is -7.61. The van der Waals surface area contributed by atoms with Gasteiger partial charge in [-0.05, 0) is 64.1 Å². The summed E-state index contributed by atoms with van der Waals surface area (Å²) >= 11 is 0. The summed E-state index contributed by atoms with van der Waals surface area (Å²) in [7, 11) is 0. The number of carbonyl (C=O) groups excluding carboxylic acids is 5. The van der Waals surface area contributed by atoms with Gasteiger partial charge in [0, 0.05) is 20.3 Å². The second-order valence-corrected chi connectivity index (χ2v) is 14.5. The molecule has 1 saturated heterocycles. The van der Waals surface area contributed by atoms with Crippen molar-refractivity contribution in [2.24, 2.45) is 11.3 Å². The Labute approximate surface area is 301 Å². The number of ether oxygens (including phenoxy) is 6. The van der Waals surface area contributed by atoms with Gasteiger partial charge in [-0.25, -0.2) is 14.4 Å². The minimum atomic E-state index is -2.04. The van der Waals surface area contributed by atoms with Crippen molar-refractivity contribution in [3.63, 3.8) is 0 Å². The second kappa shape index (κ2) is 13.5. The van der Waals surface area contributed by atoms with E-state index in [1.54, 1.807) is 87.5 Å². The Morgan fingerprint density at radius 3 is 1.46 bits per heavy atom. The van der Waals surface area contributed by atoms with Crippen molar-refractivity contribution in [1.82, 2.24) is 0 Å². The topological polar surface area (TPSA) is 161 Å². The fraction of sp³-hybridized carbons (Fsp3) is 0.425. The first kappa shape index (κ1) is 36.7. The third-order valence-corrected chi connectivity index (χ3v) is 10.7. The van der Waals surface area contributed by atoms with E-state index in [4.69, 9.17) is 28.4 Å². The molecule has 52 heavy (non-hydrogen) atoms. The van der Waals surface area contributed by atoms with Gasteiger partial charge < -0.3 is 33.5 Å². The molecule has 3 aromatic rings. The largest absolute Gasteiger partial charge is 0.459 e. The molecule has 274 valence electrons. The highest BCUT2D eigenvalue weighted by Crippen LogP contribution is 2.69. The van der Waals surface area contributed by atoms with Crippen LogP contribution in [0.4, 0.5) is 0 Å². The van der Waals surface area contributed by atoms with Crippen molar-refractivity contribution in [3.05, 3.63) is 108 Å². The maximum Gasteiger partial charge on any atom is 0.338 e. The lowest BCUT2D eigenvalue weighted by Crippen LogP contribution is -2.83. The standard InChI is InChI=1S/C40H42O12/c1-23(41)47-30-29-32(48-24(2)42)40(52-37(29,3)4)38(5,46)22-28(49-34(43)25-16-10-7-11-17-25)31(50-35(44)26-18-12-8-13-19-26)39(40,6)33(30)51-36(45)27-20-14-9-15-21-27/h7-21,28-33,46H,22H2,1-6H3/t28-,29+,30-,31-,32+,33-,38-,39-,40-/m0/s1. The first-order chi connectivity index (χ1) is 24.5. The van der Waals surface area contributed by atoms with Gasteiger partial charge in [0.2, 0.25) is 0 Å². The molecular formula is C40H42O12. The van der Waals surface area contributed by atoms with E-state index in [0.717, 1.165) is 0 Å². The van der Waals surface area contributed by atoms with Crippen LogP contribution in [-0.4, -0.2) is 82.3 Å². The highest BCUT2D eigenvalue weighted by atomic mass is 16.6. The van der Waals surface area contributed by atoms with Gasteiger partial charge in [0.15, 0.2) is 12.2 Å². The normalized spacial score (nSPS) is 32.8. The van der Waals surface area contributed by atoms with E-state index in [2.05, 4.69) is 0 Å². The highest BCUT2D eigenvalue weighted by molar-refractivity contribution is 5.91. The molecule has 3 aromatic carbocycles. The smallest absolute Gasteiger partial charge is 0.338 e. The van der Waals surface area contributed by atoms with Gasteiger partial charge in [0.25, 0.3) is 0 Å². The number of rotatable bonds is 8. The minimum absolute atomic E-state index is 0.151. The predicted molar refractivity (Wildman–Crippen MR) is 183 cm³/mol. The summed E-state index contributed by atoms with van der Waals surface area (Å²) in [4.78, 5) is 67.6. The molecule has 0 aromatic heterocycles. The Balaban J connectivity index is 1.62. The SMILES string of the molecule is CC(=O)O[C@H]1[C@@H]2[C@@H](OC(C)=O)[C@@]3(OC2(C)C)[C@](C)([C@H]1OC(=O)c1ccccc1)[C@@H](OC(=O)c1ccccc1)[C@@H](OC(=O)c1ccccc1)C[C@]3(C)O. The van der Waals surface area contributed by atoms with E-state index in [1.807, 2.05) is 0 Å². The van der Waals surface area contributed by atoms with E-state index < -0.39 is 88.5 Å². The predicted octanol–water partition coefficient (Wildman–Crippen LogP) is 4.87. The first-order valence-electron chi connectivity index (χ1n) is 17.1. The Kier molecular flexibility index (Phi) is 9.52. The molecule has 2 aliphatic carbocycles. The fourth-order valence-corrected chi connectivity index (χ4v) is 8.74. The number of benzene rings is 3. The molecule has 1 spiro atoms. The van der Waals surface area contributed by atoms with Crippen LogP contribution in [0.5, 0.6) is 0 Å². The summed E-state index contributed by atoms with van der Waals surface area (Å²) < 4.78 is 37.8. The van der Waals surface area contributed by atoms with Gasteiger partial charge in [0.1, 0.15) is 23.9 Å². The molecule has 1 aliphatic heterocycles. The van der Waals surface area contributed by atoms with Gasteiger partial charge in [-0.3, -0.25) is 9.59 Å². The zero-order chi connectivity index (χ0) is 37.6. The average molecular weight is 715 g/mol. The molecule has 0 unspecified atom stereocenters. The third kappa shape index (κ3) is 6.03. The van der Waals surface area contributed by atoms with Crippen molar-refractivity contribution < 1.29 is 57.5 Å². The molecule has 2 bridgehead atoms. The lowest BCUT2D eigenvalue weighted by Gasteiger charge is -2.65. The van der Waals surface area contributed by atoms with Crippen LogP contribution in [0.15, 0.2) is 91.0 Å². The summed E-state index contributed by atoms with van der Waals surface area (Å²) in [5.41, 5.74) is -6.84. The first-order valence-corrected chi connectivity index (χ1v) is 17.1. The summed E-state index contributed by atoms with van der Waals surface area (Å²) in [5, 5.41) is 12.8. The molecule has 0 radical (unpaired) electrons. The minimum Gasteiger partial charge on any atom is -0.459 e. The van der Waals surface area contributed by atoms with Crippen LogP contribution < -0.4 is 0 Å². The Bertz CT molecular complexity index is 1840. The molecule has 9 atom stereocenters. The lowest BCUT2D eigenvalue weighted by atomic mass is 9.46. The van der Waals surface area contributed by atoms with Crippen LogP contribution in [-0.2, 0) is 38.0 Å². The number of hydrogen-bond donors (Lipinski definition) is 1. The molecule has 1 N–H and O–H groups in total. The van der Waals surface area contributed by atoms with Crippen LogP contribution in [0, 0.1) is 11.3 Å². The molecule has 0 amide bonds. The molecule has 12 nitrogen and oxygen atoms in total. The van der Waals surface area contributed by atoms with Gasteiger partial charge in [0.05, 0.1) is 39.2 Å². The summed E-state index contributed by atoms with van der Waals surface area (Å²) in [5.74, 6) is -4.93. The molecule has 3 fully saturated rings. The zero-order valence-corrected chi connectivity index (χ0v) is 29.8. The molecular weight excluding hydrogens is 672 g/mol. The number of fused-ring (bicyclic) bond motifs is 1. The van der Waals surface area contributed by atoms with Crippen molar-refractivity contribution >= 4 is 29.8 Å². The van der Waals surface area contributed by atoms with Crippen molar-refractivity contribution in [1.29, 1.82) is 0 Å². The zero-order valence-electron chi connectivity index (χ0n) is 29.8. The average Bonchev–Trinajstić information content (AvgIpc) is 3.31. The maximum absolute atomic E-state index is 14.0. The van der Waals surface area contributed by atoms with E-state index in [9.17, 15) is 29.1 Å². The van der Waals surface area contributed by atoms with Crippen molar-refractivity contribution in [3.8, 4) is 0 Å². The molecule has 12 heteroatoms. The maximum atomic E-state index is 14.0. The van der Waals surface area contributed by atoms with Gasteiger partial charge in [-0.1, -0.05) is 54.6 Å². The van der Waals surface area contributed by atoms with E-state index in [1.165, 1.54) is 45.0 Å². The Morgan fingerprint density at radius 1 is 0.596 bits per heavy atom. The van der Waals surface area contributed by atoms with Crippen LogP contribution in [0.25, 0.3) is 0 Å². The van der Waals surface area contributed by atoms with Gasteiger partial charge in [-0.2, -0.15) is 0 Å². The van der Waals surface area contributed by atoms with Crippen molar-refractivity contribution in [2.75, 3.05) is 0 Å². The monoisotopic (exact) mass is 714 g/mol. The van der Waals surface area contributed by atoms with Crippen LogP contribution in [0.1, 0.15) is 79.0 Å². The second-order valence-electron chi connectivity index (χ2n) is 14.5. The Hall–Kier alpha value is -5.07. The number of esters is 5. The van der Waals surface area contributed by atoms with Crippen LogP contribution in [0.2, 0.25) is 0 Å². The van der Waals surface area contributed by atoms with Gasteiger partial charge >= 0.3 is 29.8 Å². The van der Waals surface area contributed by atoms with Crippen molar-refractivity contribution in [2.45, 2.75) is 95.3 Å². The van der Waals surface area contributed by atoms with E-state index >= 15 is 0 Å². The molecule has 2 saturated carbocycles. The van der Waals surface area contributed by atoms with E-state index in [0.29, 0.717) is 0 Å². The number of aliphatic hydroxyl groups is 1. The molecule has 1 heterocycles. The third-order valence-electron chi connectivity index (χ3n) is 10.7. The summed E-state index contributed by atoms with van der Waals surface area (Å²) in [6, 6.07) is 24.3. The van der Waals surface area contributed by atoms with Crippen LogP contribution >= 0.6 is 0 Å². The Morgan fingerprint density at radius 2 is 1.02 bits per heavy atom. The van der Waals surface area contributed by atoms with Crippen LogP contribution in [0.3, 0.4) is 0 Å². The molecule has 6 rings (SSSR count). The summed E-state index contributed by atoms with van der Waals surface area (Å²) in [6.45, 7) is 8.73. The lowest BCUT2D eigenvalue weighted by molar-refractivity contribution is -0.349. The van der Waals surface area contributed by atoms with Gasteiger partial charge in [-0.15, -0.1) is 0 Å². The quantitative estimate of drug-likeness (QED) is 0.250. The van der Waals surface area contributed by atoms with E-state index in [-0.39, 0.29) is 23.1 Å². The fourth-order valence-electron chi connectivity index (χ4n) is 8.74. The molecule has 3 aliphatic rings. The number of carbonyl (C=O) groups is 5.